The Morgan fingerprint density at radius 3 is 3.08 bits per heavy atom. The van der Waals surface area contributed by atoms with E-state index < -0.39 is 6.10 Å². The first-order valence-corrected chi connectivity index (χ1v) is 8.54. The first kappa shape index (κ1) is 17.3. The summed E-state index contributed by atoms with van der Waals surface area (Å²) in [6.45, 7) is 5.80. The van der Waals surface area contributed by atoms with Crippen LogP contribution in [0, 0.1) is 6.92 Å². The summed E-state index contributed by atoms with van der Waals surface area (Å²) in [6, 6.07) is 1.44. The summed E-state index contributed by atoms with van der Waals surface area (Å²) >= 11 is 0. The number of imidazole rings is 1. The molecule has 1 atom stereocenters. The SMILES string of the molecule is CCc1nccn1CCC(=O)N1CCOC(c2nc(C)cc(=O)[nH]2)C1. The molecule has 8 heteroatoms. The Morgan fingerprint density at radius 1 is 1.48 bits per heavy atom. The van der Waals surface area contributed by atoms with E-state index in [4.69, 9.17) is 4.74 Å². The zero-order chi connectivity index (χ0) is 17.8. The van der Waals surface area contributed by atoms with Crippen molar-refractivity contribution in [3.63, 3.8) is 0 Å². The molecule has 1 aliphatic heterocycles. The lowest BCUT2D eigenvalue weighted by atomic mass is 10.2. The first-order chi connectivity index (χ1) is 12.1. The van der Waals surface area contributed by atoms with Crippen molar-refractivity contribution in [2.75, 3.05) is 19.7 Å². The molecule has 2 aromatic heterocycles. The van der Waals surface area contributed by atoms with Gasteiger partial charge in [0.1, 0.15) is 17.8 Å². The molecule has 0 aromatic carbocycles. The molecule has 134 valence electrons. The smallest absolute Gasteiger partial charge is 0.251 e. The molecular weight excluding hydrogens is 322 g/mol. The van der Waals surface area contributed by atoms with Gasteiger partial charge in [-0.1, -0.05) is 6.92 Å². The summed E-state index contributed by atoms with van der Waals surface area (Å²) < 4.78 is 7.71. The molecule has 8 nitrogen and oxygen atoms in total. The van der Waals surface area contributed by atoms with Crippen LogP contribution in [0.5, 0.6) is 0 Å². The largest absolute Gasteiger partial charge is 0.367 e. The molecule has 3 heterocycles. The number of morpholine rings is 1. The summed E-state index contributed by atoms with van der Waals surface area (Å²) in [7, 11) is 0. The predicted molar refractivity (Wildman–Crippen MR) is 91.1 cm³/mol. The first-order valence-electron chi connectivity index (χ1n) is 8.54. The highest BCUT2D eigenvalue weighted by molar-refractivity contribution is 5.76. The van der Waals surface area contributed by atoms with Gasteiger partial charge < -0.3 is 19.2 Å². The van der Waals surface area contributed by atoms with E-state index in [-0.39, 0.29) is 11.5 Å². The standard InChI is InChI=1S/C17H23N5O3/c1-3-14-18-5-7-21(14)6-4-16(24)22-8-9-25-13(11-22)17-19-12(2)10-15(23)20-17/h5,7,10,13H,3-4,6,8-9,11H2,1-2H3,(H,19,20,23). The van der Waals surface area contributed by atoms with Gasteiger partial charge in [0, 0.05) is 50.1 Å². The molecule has 2 aromatic rings. The summed E-state index contributed by atoms with van der Waals surface area (Å²) in [4.78, 5) is 37.3. The number of carbonyl (C=O) groups excluding carboxylic acids is 1. The van der Waals surface area contributed by atoms with Crippen LogP contribution in [0.3, 0.4) is 0 Å². The lowest BCUT2D eigenvalue weighted by molar-refractivity contribution is -0.139. The lowest BCUT2D eigenvalue weighted by Gasteiger charge is -2.32. The monoisotopic (exact) mass is 345 g/mol. The molecule has 0 bridgehead atoms. The van der Waals surface area contributed by atoms with Gasteiger partial charge in [0.15, 0.2) is 0 Å². The number of amides is 1. The minimum Gasteiger partial charge on any atom is -0.367 e. The predicted octanol–water partition coefficient (Wildman–Crippen LogP) is 0.827. The summed E-state index contributed by atoms with van der Waals surface area (Å²) in [6.07, 6.45) is 4.51. The average molecular weight is 345 g/mol. The fourth-order valence-electron chi connectivity index (χ4n) is 3.03. The van der Waals surface area contributed by atoms with Gasteiger partial charge in [-0.3, -0.25) is 9.59 Å². The molecule has 1 N–H and O–H groups in total. The number of nitrogens with zero attached hydrogens (tertiary/aromatic N) is 4. The van der Waals surface area contributed by atoms with Crippen LogP contribution in [-0.2, 0) is 22.5 Å². The van der Waals surface area contributed by atoms with Gasteiger partial charge in [-0.15, -0.1) is 0 Å². The van der Waals surface area contributed by atoms with Crippen molar-refractivity contribution >= 4 is 5.91 Å². The fraction of sp³-hybridized carbons (Fsp3) is 0.529. The third-order valence-electron chi connectivity index (χ3n) is 4.30. The summed E-state index contributed by atoms with van der Waals surface area (Å²) in [5.41, 5.74) is 0.430. The van der Waals surface area contributed by atoms with E-state index in [9.17, 15) is 9.59 Å². The second-order valence-electron chi connectivity index (χ2n) is 6.11. The van der Waals surface area contributed by atoms with Crippen LogP contribution in [-0.4, -0.2) is 50.0 Å². The van der Waals surface area contributed by atoms with Crippen molar-refractivity contribution in [1.29, 1.82) is 0 Å². The van der Waals surface area contributed by atoms with E-state index in [1.165, 1.54) is 6.07 Å². The molecule has 1 saturated heterocycles. The fourth-order valence-corrected chi connectivity index (χ4v) is 3.03. The molecule has 0 spiro atoms. The van der Waals surface area contributed by atoms with E-state index in [0.29, 0.717) is 44.2 Å². The van der Waals surface area contributed by atoms with E-state index in [0.717, 1.165) is 12.2 Å². The zero-order valence-corrected chi connectivity index (χ0v) is 14.6. The summed E-state index contributed by atoms with van der Waals surface area (Å²) in [5, 5.41) is 0. The number of hydrogen-bond acceptors (Lipinski definition) is 5. The molecule has 0 saturated carbocycles. The highest BCUT2D eigenvalue weighted by Crippen LogP contribution is 2.19. The van der Waals surface area contributed by atoms with Gasteiger partial charge in [-0.2, -0.15) is 0 Å². The van der Waals surface area contributed by atoms with Gasteiger partial charge in [0.2, 0.25) is 5.91 Å². The highest BCUT2D eigenvalue weighted by Gasteiger charge is 2.27. The molecule has 3 rings (SSSR count). The van der Waals surface area contributed by atoms with Crippen LogP contribution < -0.4 is 5.56 Å². The Labute approximate surface area is 145 Å². The molecular formula is C17H23N5O3. The van der Waals surface area contributed by atoms with Crippen molar-refractivity contribution in [3.05, 3.63) is 46.2 Å². The topological polar surface area (TPSA) is 93.1 Å². The molecule has 1 aliphatic rings. The van der Waals surface area contributed by atoms with Crippen LogP contribution in [0.25, 0.3) is 0 Å². The molecule has 1 amide bonds. The van der Waals surface area contributed by atoms with Crippen molar-refractivity contribution in [1.82, 2.24) is 24.4 Å². The van der Waals surface area contributed by atoms with Gasteiger partial charge in [-0.05, 0) is 6.92 Å². The van der Waals surface area contributed by atoms with Crippen LogP contribution in [0.15, 0.2) is 23.3 Å². The van der Waals surface area contributed by atoms with Crippen molar-refractivity contribution < 1.29 is 9.53 Å². The maximum absolute atomic E-state index is 12.5. The number of nitrogens with one attached hydrogen (secondary N) is 1. The van der Waals surface area contributed by atoms with E-state index >= 15 is 0 Å². The number of aryl methyl sites for hydroxylation is 3. The van der Waals surface area contributed by atoms with Crippen molar-refractivity contribution in [2.24, 2.45) is 0 Å². The molecule has 0 aliphatic carbocycles. The number of H-pyrrole nitrogens is 1. The van der Waals surface area contributed by atoms with Crippen LogP contribution in [0.1, 0.15) is 36.8 Å². The number of hydrogen-bond donors (Lipinski definition) is 1. The molecule has 1 fully saturated rings. The van der Waals surface area contributed by atoms with Gasteiger partial charge in [0.05, 0.1) is 13.2 Å². The normalized spacial score (nSPS) is 17.7. The summed E-state index contributed by atoms with van der Waals surface area (Å²) in [5.74, 6) is 1.53. The van der Waals surface area contributed by atoms with Crippen LogP contribution >= 0.6 is 0 Å². The number of rotatable bonds is 5. The minimum absolute atomic E-state index is 0.0686. The minimum atomic E-state index is -0.398. The molecule has 25 heavy (non-hydrogen) atoms. The molecule has 0 radical (unpaired) electrons. The van der Waals surface area contributed by atoms with Gasteiger partial charge in [0.25, 0.3) is 5.56 Å². The highest BCUT2D eigenvalue weighted by atomic mass is 16.5. The maximum Gasteiger partial charge on any atom is 0.251 e. The number of aromatic nitrogens is 4. The third kappa shape index (κ3) is 4.14. The Balaban J connectivity index is 1.62. The van der Waals surface area contributed by atoms with Crippen molar-refractivity contribution in [2.45, 2.75) is 39.3 Å². The number of carbonyl (C=O) groups is 1. The Bertz CT molecular complexity index is 798. The van der Waals surface area contributed by atoms with Crippen molar-refractivity contribution in [3.8, 4) is 0 Å². The quantitative estimate of drug-likeness (QED) is 0.866. The Morgan fingerprint density at radius 2 is 2.32 bits per heavy atom. The van der Waals surface area contributed by atoms with E-state index in [1.807, 2.05) is 17.7 Å². The Kier molecular flexibility index (Phi) is 5.28. The van der Waals surface area contributed by atoms with Gasteiger partial charge >= 0.3 is 0 Å². The maximum atomic E-state index is 12.5. The number of ether oxygens (including phenoxy) is 1. The molecule has 1 unspecified atom stereocenters. The number of aromatic amines is 1. The van der Waals surface area contributed by atoms with E-state index in [2.05, 4.69) is 15.0 Å². The van der Waals surface area contributed by atoms with Crippen LogP contribution in [0.2, 0.25) is 0 Å². The van der Waals surface area contributed by atoms with Gasteiger partial charge in [-0.25, -0.2) is 9.97 Å². The lowest BCUT2D eigenvalue weighted by Crippen LogP contribution is -2.43. The van der Waals surface area contributed by atoms with E-state index in [1.54, 1.807) is 18.0 Å². The second kappa shape index (κ2) is 7.60. The van der Waals surface area contributed by atoms with Crippen LogP contribution in [0.4, 0.5) is 0 Å². The Hall–Kier alpha value is -2.48. The zero-order valence-electron chi connectivity index (χ0n) is 14.6. The second-order valence-corrected chi connectivity index (χ2v) is 6.11. The third-order valence-corrected chi connectivity index (χ3v) is 4.30. The average Bonchev–Trinajstić information content (AvgIpc) is 3.06.